The molecule has 1 atom stereocenters. The van der Waals surface area contributed by atoms with E-state index in [1.165, 1.54) is 11.1 Å². The van der Waals surface area contributed by atoms with E-state index in [9.17, 15) is 18.4 Å². The van der Waals surface area contributed by atoms with Gasteiger partial charge in [-0.15, -0.1) is 0 Å². The predicted molar refractivity (Wildman–Crippen MR) is 82.1 cm³/mol. The zero-order valence-electron chi connectivity index (χ0n) is 14.2. The molecule has 0 radical (unpaired) electrons. The van der Waals surface area contributed by atoms with Crippen LogP contribution in [-0.4, -0.2) is 69.4 Å². The fraction of sp³-hybridized carbons (Fsp3) is 0.667. The van der Waals surface area contributed by atoms with Crippen LogP contribution in [0.1, 0.15) is 26.5 Å². The third-order valence-electron chi connectivity index (χ3n) is 3.53. The molecule has 0 aliphatic carbocycles. The molecule has 0 spiro atoms. The van der Waals surface area contributed by atoms with Crippen LogP contribution in [0.5, 0.6) is 0 Å². The predicted octanol–water partition coefficient (Wildman–Crippen LogP) is 2.35. The van der Waals surface area contributed by atoms with Crippen LogP contribution in [0.15, 0.2) is 12.3 Å². The number of halogens is 2. The number of carbonyl (C=O) groups is 2. The van der Waals surface area contributed by atoms with Gasteiger partial charge < -0.3 is 14.5 Å². The summed E-state index contributed by atoms with van der Waals surface area (Å²) >= 11 is 0. The van der Waals surface area contributed by atoms with Crippen molar-refractivity contribution in [2.75, 3.05) is 19.6 Å². The molecule has 1 aliphatic rings. The summed E-state index contributed by atoms with van der Waals surface area (Å²) in [7, 11) is 0. The fourth-order valence-corrected chi connectivity index (χ4v) is 2.41. The topological polar surface area (TPSA) is 67.7 Å². The van der Waals surface area contributed by atoms with Crippen molar-refractivity contribution in [2.24, 2.45) is 0 Å². The summed E-state index contributed by atoms with van der Waals surface area (Å²) in [5.41, 5.74) is -0.0962. The molecule has 2 rings (SSSR count). The molecule has 2 amide bonds. The van der Waals surface area contributed by atoms with Crippen molar-refractivity contribution in [3.8, 4) is 0 Å². The Morgan fingerprint density at radius 2 is 2.00 bits per heavy atom. The molecule has 0 N–H and O–H groups in total. The molecule has 134 valence electrons. The molecule has 0 aromatic carbocycles. The summed E-state index contributed by atoms with van der Waals surface area (Å²) < 4.78 is 33.1. The Morgan fingerprint density at radius 1 is 1.33 bits per heavy atom. The average Bonchev–Trinajstić information content (AvgIpc) is 2.90. The fourth-order valence-electron chi connectivity index (χ4n) is 2.41. The van der Waals surface area contributed by atoms with Crippen LogP contribution < -0.4 is 0 Å². The Kier molecular flexibility index (Phi) is 5.10. The van der Waals surface area contributed by atoms with Crippen molar-refractivity contribution in [1.29, 1.82) is 0 Å². The second-order valence-electron chi connectivity index (χ2n) is 6.71. The maximum atomic E-state index is 13.4. The molecule has 2 heterocycles. The first-order chi connectivity index (χ1) is 11.1. The maximum Gasteiger partial charge on any atom is 0.410 e. The summed E-state index contributed by atoms with van der Waals surface area (Å²) in [5, 5.41) is 3.96. The van der Waals surface area contributed by atoms with E-state index in [0.717, 1.165) is 9.58 Å². The van der Waals surface area contributed by atoms with Crippen LogP contribution >= 0.6 is 0 Å². The Hall–Kier alpha value is -2.19. The van der Waals surface area contributed by atoms with Gasteiger partial charge in [0.15, 0.2) is 0 Å². The molecule has 1 aromatic rings. The number of aryl methyl sites for hydroxylation is 1. The molecule has 1 saturated heterocycles. The second-order valence-corrected chi connectivity index (χ2v) is 6.71. The lowest BCUT2D eigenvalue weighted by Crippen LogP contribution is -2.60. The highest BCUT2D eigenvalue weighted by molar-refractivity contribution is 5.77. The standard InChI is InChI=1S/C15H22F2N4O3/c1-10-5-6-21(18-10)13(22)20-8-7-19(9-11(20)12(16)17)14(23)24-15(2,3)4/h5-6,11-12H,7-9H2,1-4H3. The average molecular weight is 344 g/mol. The number of nitrogens with zero attached hydrogens (tertiary/aromatic N) is 4. The number of alkyl halides is 2. The summed E-state index contributed by atoms with van der Waals surface area (Å²) in [5.74, 6) is 0. The number of hydrogen-bond acceptors (Lipinski definition) is 4. The molecule has 1 unspecified atom stereocenters. The first-order valence-electron chi connectivity index (χ1n) is 7.68. The third-order valence-corrected chi connectivity index (χ3v) is 3.53. The Morgan fingerprint density at radius 3 is 2.50 bits per heavy atom. The van der Waals surface area contributed by atoms with Crippen molar-refractivity contribution < 1.29 is 23.1 Å². The van der Waals surface area contributed by atoms with Gasteiger partial charge in [0.25, 0.3) is 6.43 Å². The molecule has 0 saturated carbocycles. The van der Waals surface area contributed by atoms with Gasteiger partial charge in [-0.25, -0.2) is 18.4 Å². The van der Waals surface area contributed by atoms with E-state index in [1.54, 1.807) is 33.8 Å². The monoisotopic (exact) mass is 344 g/mol. The van der Waals surface area contributed by atoms with Gasteiger partial charge >= 0.3 is 12.1 Å². The molecule has 9 heteroatoms. The highest BCUT2D eigenvalue weighted by Crippen LogP contribution is 2.20. The van der Waals surface area contributed by atoms with Gasteiger partial charge in [0, 0.05) is 19.3 Å². The normalized spacial score (nSPS) is 18.9. The van der Waals surface area contributed by atoms with Crippen molar-refractivity contribution in [3.05, 3.63) is 18.0 Å². The Balaban J connectivity index is 2.11. The van der Waals surface area contributed by atoms with E-state index in [2.05, 4.69) is 5.10 Å². The van der Waals surface area contributed by atoms with Crippen LogP contribution in [0, 0.1) is 6.92 Å². The van der Waals surface area contributed by atoms with Crippen LogP contribution in [0.3, 0.4) is 0 Å². The number of ether oxygens (including phenoxy) is 1. The number of rotatable bonds is 1. The molecular formula is C15H22F2N4O3. The summed E-state index contributed by atoms with van der Waals surface area (Å²) in [6.45, 7) is 6.66. The number of carbonyl (C=O) groups excluding carboxylic acids is 2. The van der Waals surface area contributed by atoms with Gasteiger partial charge in [-0.05, 0) is 33.8 Å². The van der Waals surface area contributed by atoms with E-state index < -0.39 is 30.2 Å². The quantitative estimate of drug-likeness (QED) is 0.784. The Bertz CT molecular complexity index is 612. The molecular weight excluding hydrogens is 322 g/mol. The Labute approximate surface area is 139 Å². The number of aromatic nitrogens is 2. The lowest BCUT2D eigenvalue weighted by atomic mass is 10.2. The van der Waals surface area contributed by atoms with Crippen molar-refractivity contribution in [1.82, 2.24) is 19.6 Å². The van der Waals surface area contributed by atoms with Gasteiger partial charge in [0.2, 0.25) is 0 Å². The van der Waals surface area contributed by atoms with Gasteiger partial charge in [0.05, 0.1) is 12.2 Å². The number of hydrogen-bond donors (Lipinski definition) is 0. The van der Waals surface area contributed by atoms with Gasteiger partial charge in [-0.1, -0.05) is 0 Å². The first kappa shape index (κ1) is 18.2. The van der Waals surface area contributed by atoms with Crippen LogP contribution in [0.4, 0.5) is 18.4 Å². The SMILES string of the molecule is Cc1ccn(C(=O)N2CCN(C(=O)OC(C)(C)C)CC2C(F)F)n1. The molecule has 24 heavy (non-hydrogen) atoms. The minimum Gasteiger partial charge on any atom is -0.444 e. The summed E-state index contributed by atoms with van der Waals surface area (Å²) in [4.78, 5) is 26.7. The summed E-state index contributed by atoms with van der Waals surface area (Å²) in [6.07, 6.45) is -2.01. The lowest BCUT2D eigenvalue weighted by molar-refractivity contribution is -0.0220. The van der Waals surface area contributed by atoms with E-state index in [-0.39, 0.29) is 19.6 Å². The van der Waals surface area contributed by atoms with E-state index >= 15 is 0 Å². The zero-order valence-corrected chi connectivity index (χ0v) is 14.2. The molecule has 1 aliphatic heterocycles. The smallest absolute Gasteiger partial charge is 0.410 e. The minimum atomic E-state index is -2.78. The van der Waals surface area contributed by atoms with Crippen molar-refractivity contribution in [2.45, 2.75) is 45.8 Å². The van der Waals surface area contributed by atoms with E-state index in [4.69, 9.17) is 4.74 Å². The lowest BCUT2D eigenvalue weighted by Gasteiger charge is -2.40. The van der Waals surface area contributed by atoms with Gasteiger partial charge in [0.1, 0.15) is 11.6 Å². The number of amides is 2. The van der Waals surface area contributed by atoms with Crippen molar-refractivity contribution >= 4 is 12.1 Å². The minimum absolute atomic E-state index is 0.00795. The maximum absolute atomic E-state index is 13.4. The largest absolute Gasteiger partial charge is 0.444 e. The third kappa shape index (κ3) is 4.21. The molecule has 0 bridgehead atoms. The molecule has 1 aromatic heterocycles. The van der Waals surface area contributed by atoms with Gasteiger partial charge in [-0.2, -0.15) is 9.78 Å². The molecule has 7 nitrogen and oxygen atoms in total. The summed E-state index contributed by atoms with van der Waals surface area (Å²) in [6, 6.07) is -0.410. The van der Waals surface area contributed by atoms with Crippen LogP contribution in [-0.2, 0) is 4.74 Å². The zero-order chi connectivity index (χ0) is 18.1. The number of piperazine rings is 1. The second kappa shape index (κ2) is 6.74. The van der Waals surface area contributed by atoms with E-state index in [0.29, 0.717) is 5.69 Å². The molecule has 1 fully saturated rings. The first-order valence-corrected chi connectivity index (χ1v) is 7.68. The highest BCUT2D eigenvalue weighted by Gasteiger charge is 2.39. The highest BCUT2D eigenvalue weighted by atomic mass is 19.3. The van der Waals surface area contributed by atoms with Crippen LogP contribution in [0.25, 0.3) is 0 Å². The van der Waals surface area contributed by atoms with Crippen LogP contribution in [0.2, 0.25) is 0 Å². The van der Waals surface area contributed by atoms with Crippen molar-refractivity contribution in [3.63, 3.8) is 0 Å². The van der Waals surface area contributed by atoms with E-state index in [1.807, 2.05) is 0 Å². The van der Waals surface area contributed by atoms with Gasteiger partial charge in [-0.3, -0.25) is 0 Å².